The summed E-state index contributed by atoms with van der Waals surface area (Å²) in [4.78, 5) is 22.7. The normalized spacial score (nSPS) is 15.6. The zero-order valence-electron chi connectivity index (χ0n) is 16.6. The summed E-state index contributed by atoms with van der Waals surface area (Å²) >= 11 is 5.93. The van der Waals surface area contributed by atoms with Crippen molar-refractivity contribution in [3.8, 4) is 5.75 Å². The van der Waals surface area contributed by atoms with Gasteiger partial charge in [-0.3, -0.25) is 14.9 Å². The molecule has 0 spiro atoms. The van der Waals surface area contributed by atoms with Crippen LogP contribution in [0.4, 0.5) is 5.69 Å². The van der Waals surface area contributed by atoms with Gasteiger partial charge in [-0.05, 0) is 23.8 Å². The van der Waals surface area contributed by atoms with Crippen molar-refractivity contribution < 1.29 is 27.6 Å². The maximum atomic E-state index is 13.6. The van der Waals surface area contributed by atoms with E-state index in [1.165, 1.54) is 36.4 Å². The van der Waals surface area contributed by atoms with Gasteiger partial charge in [0.2, 0.25) is 26.9 Å². The largest absolute Gasteiger partial charge is 0.458 e. The van der Waals surface area contributed by atoms with Gasteiger partial charge in [0.05, 0.1) is 15.7 Å². The summed E-state index contributed by atoms with van der Waals surface area (Å²) < 4.78 is 38.1. The maximum absolute atomic E-state index is 13.6. The molecular formula is C21H15ClN2O8S. The van der Waals surface area contributed by atoms with Crippen molar-refractivity contribution in [2.45, 2.75) is 17.4 Å². The number of nitrogens with two attached hydrogens (primary N) is 1. The third-order valence-electron chi connectivity index (χ3n) is 4.96. The average molecular weight is 491 g/mol. The Labute approximate surface area is 191 Å². The van der Waals surface area contributed by atoms with Crippen LogP contribution in [-0.2, 0) is 16.4 Å². The topological polar surface area (TPSA) is 163 Å². The molecule has 0 aliphatic carbocycles. The Morgan fingerprint density at radius 3 is 2.48 bits per heavy atom. The van der Waals surface area contributed by atoms with Crippen LogP contribution < -0.4 is 15.9 Å². The molecule has 0 amide bonds. The van der Waals surface area contributed by atoms with Gasteiger partial charge in [-0.25, -0.2) is 8.42 Å². The molecule has 0 saturated heterocycles. The van der Waals surface area contributed by atoms with E-state index in [0.29, 0.717) is 0 Å². The highest BCUT2D eigenvalue weighted by Gasteiger charge is 2.42. The van der Waals surface area contributed by atoms with E-state index >= 15 is 0 Å². The van der Waals surface area contributed by atoms with Crippen molar-refractivity contribution in [1.82, 2.24) is 0 Å². The quantitative estimate of drug-likeness (QED) is 0.404. The van der Waals surface area contributed by atoms with E-state index in [1.807, 2.05) is 0 Å². The summed E-state index contributed by atoms with van der Waals surface area (Å²) in [5.74, 6) is -2.80. The zero-order valence-corrected chi connectivity index (χ0v) is 18.2. The van der Waals surface area contributed by atoms with Crippen LogP contribution in [0.1, 0.15) is 23.0 Å². The number of ether oxygens (including phenoxy) is 1. The second-order valence-corrected chi connectivity index (χ2v) is 9.30. The molecule has 0 saturated carbocycles. The third kappa shape index (κ3) is 3.86. The van der Waals surface area contributed by atoms with Gasteiger partial charge in [-0.1, -0.05) is 35.9 Å². The fourth-order valence-corrected chi connectivity index (χ4v) is 5.32. The summed E-state index contributed by atoms with van der Waals surface area (Å²) in [6.07, 6.45) is 0. The number of sulfone groups is 1. The molecule has 4 rings (SSSR count). The molecule has 10 nitrogen and oxygen atoms in total. The van der Waals surface area contributed by atoms with Crippen LogP contribution in [0.3, 0.4) is 0 Å². The van der Waals surface area contributed by atoms with Crippen LogP contribution in [0.2, 0.25) is 5.02 Å². The number of aliphatic hydroxyl groups is 1. The molecule has 0 radical (unpaired) electrons. The molecule has 12 heteroatoms. The summed E-state index contributed by atoms with van der Waals surface area (Å²) in [5.41, 5.74) is 4.86. The summed E-state index contributed by atoms with van der Waals surface area (Å²) in [6, 6.07) is 11.9. The Balaban J connectivity index is 2.06. The van der Waals surface area contributed by atoms with Crippen molar-refractivity contribution in [3.05, 3.63) is 108 Å². The fraction of sp³-hybridized carbons (Fsp3) is 0.0952. The van der Waals surface area contributed by atoms with Gasteiger partial charge in [-0.15, -0.1) is 0 Å². The van der Waals surface area contributed by atoms with E-state index in [9.17, 15) is 28.4 Å². The van der Waals surface area contributed by atoms with E-state index in [-0.39, 0.29) is 32.8 Å². The number of hydrogen-bond acceptors (Lipinski definition) is 9. The maximum Gasteiger partial charge on any atom is 0.288 e. The molecule has 1 aliphatic heterocycles. The van der Waals surface area contributed by atoms with E-state index in [2.05, 4.69) is 0 Å². The predicted molar refractivity (Wildman–Crippen MR) is 116 cm³/mol. The Kier molecular flexibility index (Phi) is 5.70. The summed E-state index contributed by atoms with van der Waals surface area (Å²) in [6.45, 7) is -0.657. The molecule has 3 aromatic rings. The van der Waals surface area contributed by atoms with Crippen LogP contribution in [0.5, 0.6) is 5.75 Å². The number of benzene rings is 2. The van der Waals surface area contributed by atoms with E-state index in [4.69, 9.17) is 26.5 Å². The molecule has 1 unspecified atom stereocenters. The highest BCUT2D eigenvalue weighted by atomic mass is 35.5. The Morgan fingerprint density at radius 1 is 1.15 bits per heavy atom. The number of allylic oxidation sites excluding steroid dienone is 1. The number of hydrogen-bond donors (Lipinski definition) is 2. The van der Waals surface area contributed by atoms with Gasteiger partial charge in [0, 0.05) is 12.1 Å². The minimum absolute atomic E-state index is 0.0614. The van der Waals surface area contributed by atoms with Crippen molar-refractivity contribution in [2.24, 2.45) is 5.73 Å². The molecule has 2 heterocycles. The van der Waals surface area contributed by atoms with Crippen LogP contribution in [0.15, 0.2) is 79.5 Å². The van der Waals surface area contributed by atoms with E-state index < -0.39 is 49.2 Å². The van der Waals surface area contributed by atoms with Gasteiger partial charge in [0.1, 0.15) is 22.3 Å². The van der Waals surface area contributed by atoms with Crippen molar-refractivity contribution >= 4 is 27.1 Å². The van der Waals surface area contributed by atoms with E-state index in [1.54, 1.807) is 6.07 Å². The highest BCUT2D eigenvalue weighted by molar-refractivity contribution is 7.95. The second kappa shape index (κ2) is 8.35. The van der Waals surface area contributed by atoms with Gasteiger partial charge in [0.25, 0.3) is 5.69 Å². The minimum Gasteiger partial charge on any atom is -0.458 e. The first kappa shape index (κ1) is 22.5. The SMILES string of the molecule is NC1=C(S(=O)(=O)c2ccccc2)C(c2ccc(Cl)c([N+](=O)[O-])c2)c2oc(CO)cc(=O)c2O1. The molecule has 1 atom stereocenters. The first-order valence-corrected chi connectivity index (χ1v) is 11.2. The van der Waals surface area contributed by atoms with Crippen molar-refractivity contribution in [3.63, 3.8) is 0 Å². The zero-order chi connectivity index (χ0) is 23.9. The molecular weight excluding hydrogens is 476 g/mol. The Bertz CT molecular complexity index is 1470. The molecule has 3 N–H and O–H groups in total. The number of nitrogens with zero attached hydrogens (tertiary/aromatic N) is 1. The highest BCUT2D eigenvalue weighted by Crippen LogP contribution is 2.46. The fourth-order valence-electron chi connectivity index (χ4n) is 3.51. The van der Waals surface area contributed by atoms with Gasteiger partial charge in [-0.2, -0.15) is 0 Å². The lowest BCUT2D eigenvalue weighted by atomic mass is 9.93. The number of nitro benzene ring substituents is 1. The van der Waals surface area contributed by atoms with Crippen LogP contribution >= 0.6 is 11.6 Å². The first-order valence-electron chi connectivity index (χ1n) is 9.34. The number of aliphatic hydroxyl groups excluding tert-OH is 1. The molecule has 1 aromatic heterocycles. The number of nitro groups is 1. The Morgan fingerprint density at radius 2 is 1.85 bits per heavy atom. The Hall–Kier alpha value is -3.67. The molecule has 170 valence electrons. The van der Waals surface area contributed by atoms with Crippen LogP contribution in [0, 0.1) is 10.1 Å². The summed E-state index contributed by atoms with van der Waals surface area (Å²) in [7, 11) is -4.32. The number of halogens is 1. The van der Waals surface area contributed by atoms with Crippen molar-refractivity contribution in [1.29, 1.82) is 0 Å². The first-order chi connectivity index (χ1) is 15.6. The molecule has 2 aromatic carbocycles. The van der Waals surface area contributed by atoms with E-state index in [0.717, 1.165) is 12.1 Å². The monoisotopic (exact) mass is 490 g/mol. The molecule has 0 fully saturated rings. The number of rotatable bonds is 5. The van der Waals surface area contributed by atoms with Crippen LogP contribution in [-0.4, -0.2) is 18.4 Å². The standard InChI is InChI=1S/C21H15ClN2O8S/c22-14-7-6-11(8-15(14)24(27)28)17-19-18(16(26)9-12(10-25)31-19)32-21(23)20(17)33(29,30)13-4-2-1-3-5-13/h1-9,17,25H,10,23H2. The number of fused-ring (bicyclic) bond motifs is 1. The van der Waals surface area contributed by atoms with Gasteiger partial charge >= 0.3 is 0 Å². The smallest absolute Gasteiger partial charge is 0.288 e. The average Bonchev–Trinajstić information content (AvgIpc) is 2.79. The third-order valence-corrected chi connectivity index (χ3v) is 7.19. The summed E-state index contributed by atoms with van der Waals surface area (Å²) in [5, 5.41) is 20.8. The molecule has 1 aliphatic rings. The molecule has 0 bridgehead atoms. The van der Waals surface area contributed by atoms with Gasteiger partial charge in [0.15, 0.2) is 5.76 Å². The minimum atomic E-state index is -4.32. The second-order valence-electron chi connectivity index (χ2n) is 6.98. The molecule has 33 heavy (non-hydrogen) atoms. The lowest BCUT2D eigenvalue weighted by Crippen LogP contribution is -2.29. The lowest BCUT2D eigenvalue weighted by Gasteiger charge is -2.27. The predicted octanol–water partition coefficient (Wildman–Crippen LogP) is 2.82. The van der Waals surface area contributed by atoms with Gasteiger partial charge < -0.3 is 20.0 Å². The van der Waals surface area contributed by atoms with Crippen molar-refractivity contribution in [2.75, 3.05) is 0 Å². The van der Waals surface area contributed by atoms with Crippen LogP contribution in [0.25, 0.3) is 0 Å². The lowest BCUT2D eigenvalue weighted by molar-refractivity contribution is -0.384.